The van der Waals surface area contributed by atoms with E-state index in [1.807, 2.05) is 6.92 Å². The van der Waals surface area contributed by atoms with Crippen LogP contribution in [0.1, 0.15) is 13.0 Å². The molecule has 0 heterocycles. The van der Waals surface area contributed by atoms with Crippen LogP contribution in [-0.2, 0) is 0 Å². The fraction of sp³-hybridized carbons (Fsp3) is 0.250. The molecule has 0 spiro atoms. The van der Waals surface area contributed by atoms with Gasteiger partial charge in [0.2, 0.25) is 0 Å². The Balaban J connectivity index is 0.000001000. The number of hydrogen-bond acceptors (Lipinski definition) is 2. The van der Waals surface area contributed by atoms with Crippen LogP contribution in [0, 0.1) is 17.0 Å². The Morgan fingerprint density at radius 2 is 1.73 bits per heavy atom. The topological polar surface area (TPSA) is 43.1 Å². The summed E-state index contributed by atoms with van der Waals surface area (Å²) >= 11 is 0. The summed E-state index contributed by atoms with van der Waals surface area (Å²) in [5, 5.41) is 10.1. The van der Waals surface area contributed by atoms with Crippen molar-refractivity contribution in [2.75, 3.05) is 0 Å². The zero-order valence-corrected chi connectivity index (χ0v) is 5.57. The maximum atomic E-state index is 10.1. The minimum atomic E-state index is -0.403. The Hall–Kier alpha value is -1.38. The Labute approximate surface area is 65.8 Å². The highest BCUT2D eigenvalue weighted by atomic mass is 16.6. The molecule has 0 atom stereocenters. The van der Waals surface area contributed by atoms with Gasteiger partial charge in [0.25, 0.3) is 5.69 Å². The summed E-state index contributed by atoms with van der Waals surface area (Å²) in [6, 6.07) is 6.43. The van der Waals surface area contributed by atoms with Gasteiger partial charge >= 0.3 is 0 Å². The van der Waals surface area contributed by atoms with Crippen LogP contribution >= 0.6 is 0 Å². The van der Waals surface area contributed by atoms with E-state index >= 15 is 0 Å². The SMILES string of the molecule is C.Cc1ccc([N+](=O)[O-])cc1. The Morgan fingerprint density at radius 3 is 2.09 bits per heavy atom. The summed E-state index contributed by atoms with van der Waals surface area (Å²) in [4.78, 5) is 9.71. The molecule has 0 aliphatic heterocycles. The van der Waals surface area contributed by atoms with Crippen molar-refractivity contribution in [2.24, 2.45) is 0 Å². The standard InChI is InChI=1S/C7H7NO2.CH4/c1-6-2-4-7(5-3-6)8(9)10;/h2-5H,1H3;1H4. The normalized spacial score (nSPS) is 8.45. The summed E-state index contributed by atoms with van der Waals surface area (Å²) < 4.78 is 0. The minimum Gasteiger partial charge on any atom is -0.258 e. The second-order valence-corrected chi connectivity index (χ2v) is 2.09. The van der Waals surface area contributed by atoms with Gasteiger partial charge < -0.3 is 0 Å². The fourth-order valence-corrected chi connectivity index (χ4v) is 0.666. The summed E-state index contributed by atoms with van der Waals surface area (Å²) in [6.45, 7) is 1.89. The van der Waals surface area contributed by atoms with Gasteiger partial charge in [-0.3, -0.25) is 10.1 Å². The van der Waals surface area contributed by atoms with Gasteiger partial charge in [0.1, 0.15) is 0 Å². The van der Waals surface area contributed by atoms with E-state index in [2.05, 4.69) is 0 Å². The van der Waals surface area contributed by atoms with Crippen LogP contribution in [0.25, 0.3) is 0 Å². The molecule has 0 amide bonds. The van der Waals surface area contributed by atoms with Crippen LogP contribution in [0.3, 0.4) is 0 Å². The molecule has 0 N–H and O–H groups in total. The van der Waals surface area contributed by atoms with Gasteiger partial charge in [0, 0.05) is 12.1 Å². The zero-order valence-electron chi connectivity index (χ0n) is 5.57. The van der Waals surface area contributed by atoms with Gasteiger partial charge in [-0.2, -0.15) is 0 Å². The lowest BCUT2D eigenvalue weighted by Crippen LogP contribution is -1.86. The number of non-ortho nitro benzene ring substituents is 1. The summed E-state index contributed by atoms with van der Waals surface area (Å²) in [5.41, 5.74) is 1.18. The van der Waals surface area contributed by atoms with Crippen molar-refractivity contribution in [2.45, 2.75) is 14.4 Å². The third-order valence-electron chi connectivity index (χ3n) is 1.24. The molecule has 0 bridgehead atoms. The molecule has 0 radical (unpaired) electrons. The van der Waals surface area contributed by atoms with Crippen molar-refractivity contribution < 1.29 is 4.92 Å². The van der Waals surface area contributed by atoms with Crippen molar-refractivity contribution in [3.8, 4) is 0 Å². The van der Waals surface area contributed by atoms with Gasteiger partial charge in [-0.1, -0.05) is 25.1 Å². The van der Waals surface area contributed by atoms with Gasteiger partial charge in [-0.15, -0.1) is 0 Å². The predicted molar refractivity (Wildman–Crippen MR) is 44.6 cm³/mol. The number of hydrogen-bond donors (Lipinski definition) is 0. The minimum absolute atomic E-state index is 0. The number of rotatable bonds is 1. The first kappa shape index (κ1) is 9.62. The average molecular weight is 153 g/mol. The van der Waals surface area contributed by atoms with Crippen molar-refractivity contribution in [1.82, 2.24) is 0 Å². The van der Waals surface area contributed by atoms with Crippen LogP contribution < -0.4 is 0 Å². The van der Waals surface area contributed by atoms with Crippen molar-refractivity contribution in [3.05, 3.63) is 39.9 Å². The second kappa shape index (κ2) is 3.71. The average Bonchev–Trinajstić information content (AvgIpc) is 1.88. The molecule has 0 aliphatic carbocycles. The van der Waals surface area contributed by atoms with Crippen LogP contribution in [-0.4, -0.2) is 4.92 Å². The first-order chi connectivity index (χ1) is 4.70. The van der Waals surface area contributed by atoms with Gasteiger partial charge in [0.05, 0.1) is 4.92 Å². The van der Waals surface area contributed by atoms with Gasteiger partial charge in [0.15, 0.2) is 0 Å². The Kier molecular flexibility index (Phi) is 3.24. The molecule has 0 aliphatic rings. The predicted octanol–water partition coefficient (Wildman–Crippen LogP) is 2.54. The molecule has 0 saturated carbocycles. The van der Waals surface area contributed by atoms with Crippen LogP contribution in [0.2, 0.25) is 0 Å². The molecule has 3 heteroatoms. The monoisotopic (exact) mass is 153 g/mol. The molecule has 0 aromatic heterocycles. The number of nitro groups is 1. The molecule has 0 unspecified atom stereocenters. The molecule has 1 rings (SSSR count). The molecule has 1 aromatic rings. The van der Waals surface area contributed by atoms with Gasteiger partial charge in [-0.25, -0.2) is 0 Å². The summed E-state index contributed by atoms with van der Waals surface area (Å²) in [5.74, 6) is 0. The van der Waals surface area contributed by atoms with Crippen LogP contribution in [0.4, 0.5) is 5.69 Å². The molecule has 1 aromatic carbocycles. The first-order valence-corrected chi connectivity index (χ1v) is 2.91. The Bertz CT molecular complexity index is 241. The molecule has 0 fully saturated rings. The van der Waals surface area contributed by atoms with E-state index < -0.39 is 4.92 Å². The summed E-state index contributed by atoms with van der Waals surface area (Å²) in [7, 11) is 0. The number of aryl methyl sites for hydroxylation is 1. The molecular weight excluding hydrogens is 142 g/mol. The van der Waals surface area contributed by atoms with Crippen molar-refractivity contribution in [1.29, 1.82) is 0 Å². The number of nitrogens with zero attached hydrogens (tertiary/aromatic N) is 1. The number of nitro benzene ring substituents is 1. The van der Waals surface area contributed by atoms with E-state index in [-0.39, 0.29) is 13.1 Å². The molecule has 11 heavy (non-hydrogen) atoms. The van der Waals surface area contributed by atoms with Crippen LogP contribution in [0.5, 0.6) is 0 Å². The first-order valence-electron chi connectivity index (χ1n) is 2.91. The number of benzene rings is 1. The maximum Gasteiger partial charge on any atom is 0.269 e. The third-order valence-corrected chi connectivity index (χ3v) is 1.24. The highest BCUT2D eigenvalue weighted by molar-refractivity contribution is 5.31. The molecular formula is C8H11NO2. The summed E-state index contributed by atoms with van der Waals surface area (Å²) in [6.07, 6.45) is 0. The molecule has 0 saturated heterocycles. The van der Waals surface area contributed by atoms with Crippen LogP contribution in [0.15, 0.2) is 24.3 Å². The molecule has 60 valence electrons. The van der Waals surface area contributed by atoms with Crippen molar-refractivity contribution in [3.63, 3.8) is 0 Å². The Morgan fingerprint density at radius 1 is 1.27 bits per heavy atom. The van der Waals surface area contributed by atoms with E-state index in [1.165, 1.54) is 12.1 Å². The van der Waals surface area contributed by atoms with Crippen molar-refractivity contribution >= 4 is 5.69 Å². The maximum absolute atomic E-state index is 10.1. The lowest BCUT2D eigenvalue weighted by atomic mass is 10.2. The van der Waals surface area contributed by atoms with E-state index in [1.54, 1.807) is 12.1 Å². The fourth-order valence-electron chi connectivity index (χ4n) is 0.666. The largest absolute Gasteiger partial charge is 0.269 e. The van der Waals surface area contributed by atoms with E-state index in [0.29, 0.717) is 0 Å². The van der Waals surface area contributed by atoms with Gasteiger partial charge in [-0.05, 0) is 6.92 Å². The van der Waals surface area contributed by atoms with E-state index in [4.69, 9.17) is 0 Å². The quantitative estimate of drug-likeness (QED) is 0.459. The third kappa shape index (κ3) is 2.37. The van der Waals surface area contributed by atoms with E-state index in [0.717, 1.165) is 5.56 Å². The van der Waals surface area contributed by atoms with E-state index in [9.17, 15) is 10.1 Å². The second-order valence-electron chi connectivity index (χ2n) is 2.09. The zero-order chi connectivity index (χ0) is 7.56. The highest BCUT2D eigenvalue weighted by Crippen LogP contribution is 2.10. The highest BCUT2D eigenvalue weighted by Gasteiger charge is 2.00. The smallest absolute Gasteiger partial charge is 0.258 e. The lowest BCUT2D eigenvalue weighted by molar-refractivity contribution is -0.384. The lowest BCUT2D eigenvalue weighted by Gasteiger charge is -1.90. The molecule has 3 nitrogen and oxygen atoms in total.